The van der Waals surface area contributed by atoms with E-state index in [0.717, 1.165) is 12.1 Å². The van der Waals surface area contributed by atoms with E-state index in [1.54, 1.807) is 12.1 Å². The predicted octanol–water partition coefficient (Wildman–Crippen LogP) is 3.15. The Morgan fingerprint density at radius 3 is 2.58 bits per heavy atom. The first-order chi connectivity index (χ1) is 11.6. The number of nitrogens with one attached hydrogen (secondary N) is 1. The zero-order valence-electron chi connectivity index (χ0n) is 13.6. The number of hydrogen-bond donors (Lipinski definition) is 2. The van der Waals surface area contributed by atoms with E-state index in [1.165, 1.54) is 5.56 Å². The summed E-state index contributed by atoms with van der Waals surface area (Å²) in [6, 6.07) is 17.5. The van der Waals surface area contributed by atoms with Gasteiger partial charge in [-0.2, -0.15) is 0 Å². The molecule has 0 aliphatic carbocycles. The minimum atomic E-state index is -0.107. The number of ether oxygens (including phenoxy) is 1. The van der Waals surface area contributed by atoms with Crippen molar-refractivity contribution in [1.82, 2.24) is 0 Å². The summed E-state index contributed by atoms with van der Waals surface area (Å²) in [5.41, 5.74) is 8.17. The molecule has 2 aromatic rings. The fraction of sp³-hybridized carbons (Fsp3) is 0.263. The van der Waals surface area contributed by atoms with Crippen molar-refractivity contribution in [2.45, 2.75) is 25.3 Å². The molecular formula is C19H21N3O2. The van der Waals surface area contributed by atoms with Crippen LogP contribution < -0.4 is 11.1 Å². The minimum absolute atomic E-state index is 0.107. The Balaban J connectivity index is 1.60. The summed E-state index contributed by atoms with van der Waals surface area (Å²) in [6.45, 7) is 2.71. The topological polar surface area (TPSA) is 76.7 Å². The Kier molecular flexibility index (Phi) is 4.79. The zero-order valence-corrected chi connectivity index (χ0v) is 13.6. The van der Waals surface area contributed by atoms with Gasteiger partial charge in [0.25, 0.3) is 11.9 Å². The summed E-state index contributed by atoms with van der Waals surface area (Å²) < 4.78 is 5.19. The SMILES string of the molecule is CC(C[C@H]1COC(N)=N1)c1ccc(NC(=O)c2ccccc2)cc1. The first-order valence-electron chi connectivity index (χ1n) is 8.04. The Morgan fingerprint density at radius 1 is 1.25 bits per heavy atom. The lowest BCUT2D eigenvalue weighted by molar-refractivity contribution is 0.102. The molecule has 0 saturated carbocycles. The van der Waals surface area contributed by atoms with Crippen molar-refractivity contribution in [3.63, 3.8) is 0 Å². The maximum Gasteiger partial charge on any atom is 0.282 e. The molecule has 3 N–H and O–H groups in total. The summed E-state index contributed by atoms with van der Waals surface area (Å²) >= 11 is 0. The molecule has 0 spiro atoms. The van der Waals surface area contributed by atoms with Crippen molar-refractivity contribution in [2.75, 3.05) is 11.9 Å². The molecule has 124 valence electrons. The van der Waals surface area contributed by atoms with Crippen LogP contribution in [0.3, 0.4) is 0 Å². The van der Waals surface area contributed by atoms with Crippen LogP contribution in [0.25, 0.3) is 0 Å². The van der Waals surface area contributed by atoms with Crippen LogP contribution in [0.4, 0.5) is 5.69 Å². The molecule has 1 aliphatic rings. The van der Waals surface area contributed by atoms with Gasteiger partial charge in [-0.3, -0.25) is 4.79 Å². The van der Waals surface area contributed by atoms with Crippen LogP contribution in [0, 0.1) is 0 Å². The number of rotatable bonds is 5. The molecule has 1 heterocycles. The number of amidine groups is 1. The van der Waals surface area contributed by atoms with Crippen LogP contribution in [-0.4, -0.2) is 24.6 Å². The average molecular weight is 323 g/mol. The summed E-state index contributed by atoms with van der Waals surface area (Å²) in [4.78, 5) is 16.4. The lowest BCUT2D eigenvalue weighted by Gasteiger charge is -2.15. The number of aliphatic imine (C=N–C) groups is 1. The van der Waals surface area contributed by atoms with Gasteiger partial charge < -0.3 is 15.8 Å². The van der Waals surface area contributed by atoms with Crippen molar-refractivity contribution in [1.29, 1.82) is 0 Å². The van der Waals surface area contributed by atoms with Crippen LogP contribution in [0.15, 0.2) is 59.6 Å². The molecule has 1 unspecified atom stereocenters. The van der Waals surface area contributed by atoms with E-state index in [0.29, 0.717) is 18.1 Å². The quantitative estimate of drug-likeness (QED) is 0.887. The van der Waals surface area contributed by atoms with Gasteiger partial charge >= 0.3 is 0 Å². The second-order valence-corrected chi connectivity index (χ2v) is 6.01. The van der Waals surface area contributed by atoms with E-state index >= 15 is 0 Å². The van der Waals surface area contributed by atoms with E-state index in [-0.39, 0.29) is 18.0 Å². The molecule has 2 aromatic carbocycles. The minimum Gasteiger partial charge on any atom is -0.463 e. The monoisotopic (exact) mass is 323 g/mol. The molecule has 2 atom stereocenters. The van der Waals surface area contributed by atoms with Gasteiger partial charge in [0.15, 0.2) is 0 Å². The van der Waals surface area contributed by atoms with Gasteiger partial charge in [0.1, 0.15) is 6.61 Å². The van der Waals surface area contributed by atoms with E-state index in [1.807, 2.05) is 42.5 Å². The molecule has 0 saturated heterocycles. The van der Waals surface area contributed by atoms with Crippen LogP contribution in [0.1, 0.15) is 35.2 Å². The molecule has 0 bridgehead atoms. The summed E-state index contributed by atoms with van der Waals surface area (Å²) in [7, 11) is 0. The van der Waals surface area contributed by atoms with Crippen molar-refractivity contribution in [3.05, 3.63) is 65.7 Å². The molecular weight excluding hydrogens is 302 g/mol. The average Bonchev–Trinajstić information content (AvgIpc) is 3.01. The predicted molar refractivity (Wildman–Crippen MR) is 95.2 cm³/mol. The third-order valence-electron chi connectivity index (χ3n) is 4.13. The highest BCUT2D eigenvalue weighted by atomic mass is 16.5. The van der Waals surface area contributed by atoms with Crippen molar-refractivity contribution in [2.24, 2.45) is 10.7 Å². The van der Waals surface area contributed by atoms with Gasteiger partial charge in [-0.1, -0.05) is 37.3 Å². The number of benzene rings is 2. The maximum atomic E-state index is 12.1. The second-order valence-electron chi connectivity index (χ2n) is 6.01. The highest BCUT2D eigenvalue weighted by molar-refractivity contribution is 6.04. The van der Waals surface area contributed by atoms with Crippen LogP contribution >= 0.6 is 0 Å². The van der Waals surface area contributed by atoms with E-state index in [2.05, 4.69) is 17.2 Å². The first-order valence-corrected chi connectivity index (χ1v) is 8.04. The smallest absolute Gasteiger partial charge is 0.282 e. The van der Waals surface area contributed by atoms with Gasteiger partial charge in [0, 0.05) is 11.3 Å². The molecule has 3 rings (SSSR count). The van der Waals surface area contributed by atoms with Crippen LogP contribution in [-0.2, 0) is 4.74 Å². The third kappa shape index (κ3) is 3.93. The fourth-order valence-electron chi connectivity index (χ4n) is 2.79. The standard InChI is InChI=1S/C19H21N3O2/c1-13(11-17-12-24-19(20)22-17)14-7-9-16(10-8-14)21-18(23)15-5-3-2-4-6-15/h2-10,13,17H,11-12H2,1H3,(H2,20,22)(H,21,23)/t13?,17-/m0/s1. The molecule has 5 nitrogen and oxygen atoms in total. The van der Waals surface area contributed by atoms with E-state index < -0.39 is 0 Å². The van der Waals surface area contributed by atoms with Gasteiger partial charge in [0.05, 0.1) is 6.04 Å². The highest BCUT2D eigenvalue weighted by Crippen LogP contribution is 2.25. The molecule has 5 heteroatoms. The Bertz CT molecular complexity index is 726. The summed E-state index contributed by atoms with van der Waals surface area (Å²) in [5.74, 6) is 0.233. The highest BCUT2D eigenvalue weighted by Gasteiger charge is 2.20. The molecule has 0 fully saturated rings. The van der Waals surface area contributed by atoms with E-state index in [4.69, 9.17) is 10.5 Å². The van der Waals surface area contributed by atoms with Crippen LogP contribution in [0.2, 0.25) is 0 Å². The molecule has 24 heavy (non-hydrogen) atoms. The van der Waals surface area contributed by atoms with Crippen molar-refractivity contribution in [3.8, 4) is 0 Å². The number of hydrogen-bond acceptors (Lipinski definition) is 4. The first kappa shape index (κ1) is 16.1. The number of amides is 1. The largest absolute Gasteiger partial charge is 0.463 e. The molecule has 0 radical (unpaired) electrons. The van der Waals surface area contributed by atoms with Gasteiger partial charge in [-0.25, -0.2) is 4.99 Å². The number of carbonyl (C=O) groups is 1. The zero-order chi connectivity index (χ0) is 16.9. The van der Waals surface area contributed by atoms with Crippen LogP contribution in [0.5, 0.6) is 0 Å². The lowest BCUT2D eigenvalue weighted by Crippen LogP contribution is -2.12. The van der Waals surface area contributed by atoms with Crippen molar-refractivity contribution >= 4 is 17.6 Å². The summed E-state index contributed by atoms with van der Waals surface area (Å²) in [5, 5.41) is 2.91. The Hall–Kier alpha value is -2.82. The van der Waals surface area contributed by atoms with E-state index in [9.17, 15) is 4.79 Å². The van der Waals surface area contributed by atoms with Crippen molar-refractivity contribution < 1.29 is 9.53 Å². The molecule has 0 aromatic heterocycles. The number of anilines is 1. The Morgan fingerprint density at radius 2 is 1.96 bits per heavy atom. The Labute approximate surface area is 141 Å². The van der Waals surface area contributed by atoms with Gasteiger partial charge in [-0.05, 0) is 42.2 Å². The normalized spacial score (nSPS) is 17.7. The second kappa shape index (κ2) is 7.17. The lowest BCUT2D eigenvalue weighted by atomic mass is 9.94. The van der Waals surface area contributed by atoms with Gasteiger partial charge in [0.2, 0.25) is 0 Å². The number of nitrogens with zero attached hydrogens (tertiary/aromatic N) is 1. The third-order valence-corrected chi connectivity index (χ3v) is 4.13. The summed E-state index contributed by atoms with van der Waals surface area (Å²) in [6.07, 6.45) is 0.885. The number of carbonyl (C=O) groups excluding carboxylic acids is 1. The molecule has 1 aliphatic heterocycles. The van der Waals surface area contributed by atoms with Gasteiger partial charge in [-0.15, -0.1) is 0 Å². The fourth-order valence-corrected chi connectivity index (χ4v) is 2.79. The molecule has 1 amide bonds. The maximum absolute atomic E-state index is 12.1. The number of nitrogens with two attached hydrogens (primary N) is 1.